The lowest BCUT2D eigenvalue weighted by Crippen LogP contribution is -2.06. The van der Waals surface area contributed by atoms with E-state index in [0.717, 1.165) is 12.5 Å². The van der Waals surface area contributed by atoms with Crippen molar-refractivity contribution in [2.24, 2.45) is 0 Å². The molecule has 0 saturated carbocycles. The fraction of sp³-hybridized carbons (Fsp3) is 0.200. The van der Waals surface area contributed by atoms with Crippen LogP contribution in [0.2, 0.25) is 0 Å². The molecule has 14 heavy (non-hydrogen) atoms. The molecule has 9 heteroatoms. The molecule has 76 valence electrons. The minimum atomic E-state index is -4.60. The van der Waals surface area contributed by atoms with Gasteiger partial charge in [0, 0.05) is 0 Å². The highest BCUT2D eigenvalue weighted by atomic mass is 31.2. The van der Waals surface area contributed by atoms with Crippen molar-refractivity contribution in [1.29, 1.82) is 0 Å². The van der Waals surface area contributed by atoms with Gasteiger partial charge in [-0.05, 0) is 0 Å². The molecule has 0 bridgehead atoms. The Kier molecular flexibility index (Phi) is 2.90. The fourth-order valence-corrected chi connectivity index (χ4v) is 1.43. The Labute approximate surface area is 77.9 Å². The average molecular weight is 218 g/mol. The highest BCUT2D eigenvalue weighted by Gasteiger charge is 2.18. The summed E-state index contributed by atoms with van der Waals surface area (Å²) in [5.41, 5.74) is -0.858. The van der Waals surface area contributed by atoms with Gasteiger partial charge in [0.15, 0.2) is 0 Å². The largest absolute Gasteiger partial charge is 0.778 e. The highest BCUT2D eigenvalue weighted by molar-refractivity contribution is 7.49. The molecule has 1 unspecified atom stereocenters. The summed E-state index contributed by atoms with van der Waals surface area (Å²) in [6.07, 6.45) is 0.974. The van der Waals surface area contributed by atoms with E-state index in [0.29, 0.717) is 0 Å². The summed E-state index contributed by atoms with van der Waals surface area (Å²) in [4.78, 5) is 35.3. The van der Waals surface area contributed by atoms with Crippen LogP contribution >= 0.6 is 7.60 Å². The van der Waals surface area contributed by atoms with Gasteiger partial charge in [0.2, 0.25) is 0 Å². The van der Waals surface area contributed by atoms with Crippen molar-refractivity contribution < 1.29 is 19.3 Å². The zero-order valence-electron chi connectivity index (χ0n) is 6.73. The van der Waals surface area contributed by atoms with Crippen LogP contribution in [0.1, 0.15) is 5.69 Å². The molecule has 0 aliphatic heterocycles. The molecule has 0 radical (unpaired) electrons. The molecule has 0 amide bonds. The van der Waals surface area contributed by atoms with Gasteiger partial charge in [-0.3, -0.25) is 10.1 Å². The number of rotatable bonds is 3. The molecule has 1 aromatic rings. The van der Waals surface area contributed by atoms with Crippen molar-refractivity contribution >= 4 is 13.3 Å². The van der Waals surface area contributed by atoms with Crippen LogP contribution in [-0.4, -0.2) is 19.8 Å². The van der Waals surface area contributed by atoms with Crippen molar-refractivity contribution in [3.05, 3.63) is 28.3 Å². The molecule has 1 rings (SSSR count). The van der Waals surface area contributed by atoms with E-state index in [9.17, 15) is 19.6 Å². The summed E-state index contributed by atoms with van der Waals surface area (Å²) in [5, 5.41) is 10.4. The molecular weight excluding hydrogens is 213 g/mol. The topological polar surface area (TPSA) is 129 Å². The lowest BCUT2D eigenvalue weighted by atomic mass is 10.4. The first-order chi connectivity index (χ1) is 6.40. The Morgan fingerprint density at radius 1 is 1.64 bits per heavy atom. The number of nitrogens with zero attached hydrogens (tertiary/aromatic N) is 3. The van der Waals surface area contributed by atoms with Gasteiger partial charge in [-0.15, -0.1) is 0 Å². The minimum Gasteiger partial charge on any atom is -0.778 e. The van der Waals surface area contributed by atoms with Crippen LogP contribution in [-0.2, 0) is 10.7 Å². The van der Waals surface area contributed by atoms with Crippen molar-refractivity contribution in [2.45, 2.75) is 6.16 Å². The van der Waals surface area contributed by atoms with Crippen LogP contribution in [0.5, 0.6) is 0 Å². The third kappa shape index (κ3) is 2.84. The zero-order chi connectivity index (χ0) is 10.8. The molecule has 0 aliphatic carbocycles. The third-order valence-corrected chi connectivity index (χ3v) is 2.02. The molecular formula is C5H5N3O5P-. The van der Waals surface area contributed by atoms with E-state index in [1.165, 1.54) is 0 Å². The van der Waals surface area contributed by atoms with Crippen LogP contribution in [0.3, 0.4) is 0 Å². The number of nitro groups is 1. The van der Waals surface area contributed by atoms with E-state index >= 15 is 0 Å². The molecule has 0 saturated heterocycles. The predicted molar refractivity (Wildman–Crippen MR) is 42.2 cm³/mol. The van der Waals surface area contributed by atoms with E-state index in [2.05, 4.69) is 9.97 Å². The fourth-order valence-electron chi connectivity index (χ4n) is 0.811. The standard InChI is InChI=1S/C5H6N3O5P/c9-8(10)5-1-6-3-7-4(5)2-14(11,12)13/h1,3H,2H2,(H2,11,12,13)/p-1. The van der Waals surface area contributed by atoms with E-state index in [1.54, 1.807) is 0 Å². The smallest absolute Gasteiger partial charge is 0.309 e. The summed E-state index contributed by atoms with van der Waals surface area (Å²) in [7, 11) is -4.60. The van der Waals surface area contributed by atoms with E-state index in [4.69, 9.17) is 4.89 Å². The minimum absolute atomic E-state index is 0.328. The number of hydrogen-bond acceptors (Lipinski definition) is 6. The summed E-state index contributed by atoms with van der Waals surface area (Å²) in [6.45, 7) is 0. The van der Waals surface area contributed by atoms with E-state index < -0.39 is 24.4 Å². The summed E-state index contributed by atoms with van der Waals surface area (Å²) in [6, 6.07) is 0. The Bertz CT molecular complexity index is 402. The Morgan fingerprint density at radius 3 is 2.79 bits per heavy atom. The van der Waals surface area contributed by atoms with Crippen molar-refractivity contribution in [2.75, 3.05) is 0 Å². The monoisotopic (exact) mass is 218 g/mol. The summed E-state index contributed by atoms with van der Waals surface area (Å²) < 4.78 is 10.5. The second-order valence-electron chi connectivity index (χ2n) is 2.41. The Hall–Kier alpha value is -1.37. The Morgan fingerprint density at radius 2 is 2.29 bits per heavy atom. The normalized spacial score (nSPS) is 14.7. The Balaban J connectivity index is 3.08. The second kappa shape index (κ2) is 3.79. The first-order valence-electron chi connectivity index (χ1n) is 3.36. The lowest BCUT2D eigenvalue weighted by Gasteiger charge is -2.13. The van der Waals surface area contributed by atoms with Crippen LogP contribution < -0.4 is 4.89 Å². The van der Waals surface area contributed by atoms with Crippen molar-refractivity contribution in [3.8, 4) is 0 Å². The SMILES string of the molecule is O=[N+]([O-])c1cncnc1CP(=O)([O-])O. The van der Waals surface area contributed by atoms with Crippen molar-refractivity contribution in [1.82, 2.24) is 9.97 Å². The first-order valence-corrected chi connectivity index (χ1v) is 5.12. The van der Waals surface area contributed by atoms with Gasteiger partial charge in [0.05, 0.1) is 11.1 Å². The third-order valence-electron chi connectivity index (χ3n) is 1.32. The van der Waals surface area contributed by atoms with Gasteiger partial charge in [0.25, 0.3) is 0 Å². The molecule has 1 N–H and O–H groups in total. The van der Waals surface area contributed by atoms with Gasteiger partial charge in [0.1, 0.15) is 25.8 Å². The van der Waals surface area contributed by atoms with Crippen LogP contribution in [0.25, 0.3) is 0 Å². The van der Waals surface area contributed by atoms with E-state index in [1.807, 2.05) is 0 Å². The van der Waals surface area contributed by atoms with Crippen LogP contribution in [0, 0.1) is 10.1 Å². The van der Waals surface area contributed by atoms with Gasteiger partial charge < -0.3 is 14.4 Å². The highest BCUT2D eigenvalue weighted by Crippen LogP contribution is 2.35. The first kappa shape index (κ1) is 10.7. The van der Waals surface area contributed by atoms with Crippen LogP contribution in [0.4, 0.5) is 5.69 Å². The summed E-state index contributed by atoms with van der Waals surface area (Å²) in [5.74, 6) is 0. The zero-order valence-corrected chi connectivity index (χ0v) is 7.63. The molecule has 1 aromatic heterocycles. The lowest BCUT2D eigenvalue weighted by molar-refractivity contribution is -0.386. The predicted octanol–water partition coefficient (Wildman–Crippen LogP) is -0.570. The molecule has 0 fully saturated rings. The molecule has 0 aliphatic rings. The summed E-state index contributed by atoms with van der Waals surface area (Å²) >= 11 is 0. The number of aromatic nitrogens is 2. The van der Waals surface area contributed by atoms with Crippen LogP contribution in [0.15, 0.2) is 12.5 Å². The average Bonchev–Trinajstić information content (AvgIpc) is 2.01. The molecule has 8 nitrogen and oxygen atoms in total. The maximum atomic E-state index is 10.5. The van der Waals surface area contributed by atoms with Crippen molar-refractivity contribution in [3.63, 3.8) is 0 Å². The van der Waals surface area contributed by atoms with E-state index in [-0.39, 0.29) is 5.69 Å². The quantitative estimate of drug-likeness (QED) is 0.408. The maximum absolute atomic E-state index is 10.5. The maximum Gasteiger partial charge on any atom is 0.309 e. The molecule has 0 spiro atoms. The van der Waals surface area contributed by atoms with Gasteiger partial charge >= 0.3 is 5.69 Å². The van der Waals surface area contributed by atoms with Gasteiger partial charge in [-0.1, -0.05) is 0 Å². The van der Waals surface area contributed by atoms with Gasteiger partial charge in [-0.2, -0.15) is 0 Å². The second-order valence-corrected chi connectivity index (χ2v) is 4.00. The molecule has 0 aromatic carbocycles. The molecule has 1 heterocycles. The molecule has 1 atom stereocenters. The number of hydrogen-bond donors (Lipinski definition) is 1. The van der Waals surface area contributed by atoms with Gasteiger partial charge in [-0.25, -0.2) is 9.97 Å².